The van der Waals surface area contributed by atoms with E-state index in [9.17, 15) is 27.9 Å². The summed E-state index contributed by atoms with van der Waals surface area (Å²) < 4.78 is 36.6. The van der Waals surface area contributed by atoms with Crippen LogP contribution in [0.25, 0.3) is 10.9 Å². The number of piperidine rings is 1. The first-order chi connectivity index (χ1) is 17.6. The van der Waals surface area contributed by atoms with E-state index in [2.05, 4.69) is 36.3 Å². The highest BCUT2D eigenvalue weighted by atomic mass is 79.9. The van der Waals surface area contributed by atoms with Gasteiger partial charge in [0.1, 0.15) is 29.7 Å². The predicted octanol–water partition coefficient (Wildman–Crippen LogP) is 1.58. The van der Waals surface area contributed by atoms with Gasteiger partial charge in [0, 0.05) is 17.0 Å². The molecule has 0 aliphatic carbocycles. The fraction of sp³-hybridized carbons (Fsp3) is 0.261. The molecule has 1 saturated heterocycles. The molecule has 0 radical (unpaired) electrons. The van der Waals surface area contributed by atoms with E-state index in [1.54, 1.807) is 0 Å². The summed E-state index contributed by atoms with van der Waals surface area (Å²) >= 11 is 3.25. The number of nitrogens with one attached hydrogen (secondary N) is 3. The predicted molar refractivity (Wildman–Crippen MR) is 135 cm³/mol. The smallest absolute Gasteiger partial charge is 0.262 e. The summed E-state index contributed by atoms with van der Waals surface area (Å²) in [5.74, 6) is -1.39. The minimum Gasteiger partial charge on any atom is -0.588 e. The van der Waals surface area contributed by atoms with E-state index in [1.165, 1.54) is 41.8 Å². The Morgan fingerprint density at radius 2 is 2.03 bits per heavy atom. The van der Waals surface area contributed by atoms with Crippen molar-refractivity contribution in [1.29, 1.82) is 0 Å². The lowest BCUT2D eigenvalue weighted by molar-refractivity contribution is -0.135. The van der Waals surface area contributed by atoms with Gasteiger partial charge in [0.15, 0.2) is 16.1 Å². The van der Waals surface area contributed by atoms with Crippen LogP contribution in [0.3, 0.4) is 0 Å². The van der Waals surface area contributed by atoms with Crippen LogP contribution in [0.15, 0.2) is 44.5 Å². The van der Waals surface area contributed by atoms with Crippen molar-refractivity contribution < 1.29 is 27.9 Å². The number of benzene rings is 2. The van der Waals surface area contributed by atoms with Crippen LogP contribution >= 0.6 is 15.9 Å². The van der Waals surface area contributed by atoms with Crippen molar-refractivity contribution in [2.45, 2.75) is 30.7 Å². The van der Waals surface area contributed by atoms with Gasteiger partial charge in [0.05, 0.1) is 17.5 Å². The Labute approximate surface area is 219 Å². The van der Waals surface area contributed by atoms with Crippen LogP contribution in [-0.4, -0.2) is 45.0 Å². The Morgan fingerprint density at radius 1 is 1.24 bits per heavy atom. The number of aryl methyl sites for hydroxylation is 1. The highest BCUT2D eigenvalue weighted by Gasteiger charge is 2.34. The molecule has 0 saturated carbocycles. The molecule has 2 aliphatic rings. The molecular formula is C23H20BrN5O7S. The number of aromatic nitrogens is 2. The zero-order chi connectivity index (χ0) is 26.5. The Kier molecular flexibility index (Phi) is 6.33. The van der Waals surface area contributed by atoms with Crippen molar-refractivity contribution >= 4 is 60.6 Å². The molecule has 3 amide bonds. The number of amides is 3. The van der Waals surface area contributed by atoms with E-state index in [4.69, 9.17) is 4.74 Å². The second-order valence-electron chi connectivity index (χ2n) is 8.49. The molecule has 1 aromatic heterocycles. The molecule has 0 bridgehead atoms. The lowest BCUT2D eigenvalue weighted by Gasteiger charge is -2.25. The van der Waals surface area contributed by atoms with Gasteiger partial charge in [-0.1, -0.05) is 26.2 Å². The summed E-state index contributed by atoms with van der Waals surface area (Å²) in [6.07, 6.45) is 0.226. The van der Waals surface area contributed by atoms with E-state index in [0.29, 0.717) is 4.47 Å². The average molecular weight is 590 g/mol. The van der Waals surface area contributed by atoms with E-state index in [1.807, 2.05) is 0 Å². The van der Waals surface area contributed by atoms with E-state index in [0.717, 1.165) is 0 Å². The second kappa shape index (κ2) is 9.36. The average Bonchev–Trinajstić information content (AvgIpc) is 3.01. The normalized spacial score (nSPS) is 19.2. The van der Waals surface area contributed by atoms with Gasteiger partial charge in [-0.3, -0.25) is 29.1 Å². The molecule has 2 atom stereocenters. The van der Waals surface area contributed by atoms with Crippen LogP contribution in [0.4, 0.5) is 5.69 Å². The summed E-state index contributed by atoms with van der Waals surface area (Å²) in [6.45, 7) is 1.82. The van der Waals surface area contributed by atoms with Gasteiger partial charge in [-0.25, -0.2) is 9.71 Å². The van der Waals surface area contributed by atoms with Gasteiger partial charge in [-0.15, -0.1) is 0 Å². The molecule has 5 rings (SSSR count). The Morgan fingerprint density at radius 3 is 2.78 bits per heavy atom. The maximum absolute atomic E-state index is 13.5. The topological polar surface area (TPSA) is 172 Å². The minimum absolute atomic E-state index is 0.0277. The summed E-state index contributed by atoms with van der Waals surface area (Å²) in [6, 6.07) is 6.28. The van der Waals surface area contributed by atoms with Crippen molar-refractivity contribution in [3.63, 3.8) is 0 Å². The van der Waals surface area contributed by atoms with Gasteiger partial charge in [-0.05, 0) is 31.5 Å². The molecule has 3 N–H and O–H groups in total. The number of fused-ring (bicyclic) bond motifs is 2. The van der Waals surface area contributed by atoms with Crippen LogP contribution in [-0.2, 0) is 24.2 Å². The molecular weight excluding hydrogens is 570 g/mol. The number of halogens is 1. The first-order valence-corrected chi connectivity index (χ1v) is 13.5. The number of imide groups is 1. The third-order valence-electron chi connectivity index (χ3n) is 6.06. The van der Waals surface area contributed by atoms with Gasteiger partial charge in [0.25, 0.3) is 11.5 Å². The van der Waals surface area contributed by atoms with Crippen LogP contribution in [0.5, 0.6) is 5.75 Å². The number of nitrogens with zero attached hydrogens (tertiary/aromatic N) is 2. The van der Waals surface area contributed by atoms with Crippen LogP contribution in [0.2, 0.25) is 0 Å². The molecule has 37 heavy (non-hydrogen) atoms. The quantitative estimate of drug-likeness (QED) is 0.304. The Hall–Kier alpha value is -3.62. The standard InChI is InChI=1S/C23H20BrN5O7S/c1-11-26-19-13(23(33)29(11)16-5-6-18(30)27-22(16)32)3-2-4-15(19)28-37(34,35)17-10-12(24)9-14-20(17)36-8-7-25-21(14)31/h2-4,9-10,16H,5-8H2,1H3,(H3-,25,27,28,30,31,32,34,35). The molecule has 0 spiro atoms. The minimum atomic E-state index is -4.32. The maximum Gasteiger partial charge on any atom is 0.262 e. The van der Waals surface area contributed by atoms with Gasteiger partial charge in [0.2, 0.25) is 16.7 Å². The fourth-order valence-electron chi connectivity index (χ4n) is 4.41. The van der Waals surface area contributed by atoms with E-state index < -0.39 is 39.7 Å². The molecule has 3 heterocycles. The van der Waals surface area contributed by atoms with Gasteiger partial charge in [-0.2, -0.15) is 0 Å². The lowest BCUT2D eigenvalue weighted by Crippen LogP contribution is -2.45. The third kappa shape index (κ3) is 4.51. The molecule has 2 aliphatic heterocycles. The second-order valence-corrected chi connectivity index (χ2v) is 11.1. The number of rotatable bonds is 4. The van der Waals surface area contributed by atoms with Crippen molar-refractivity contribution in [2.75, 3.05) is 17.9 Å². The third-order valence-corrected chi connectivity index (χ3v) is 7.89. The Bertz CT molecular complexity index is 1600. The summed E-state index contributed by atoms with van der Waals surface area (Å²) in [7, 11) is -4.32. The number of hydrogen-bond donors (Lipinski definition) is 3. The molecule has 12 nitrogen and oxygen atoms in total. The molecule has 1 fully saturated rings. The van der Waals surface area contributed by atoms with E-state index >= 15 is 0 Å². The molecule has 2 unspecified atom stereocenters. The first kappa shape index (κ1) is 25.0. The number of para-hydroxylation sites is 1. The largest absolute Gasteiger partial charge is 0.588 e. The van der Waals surface area contributed by atoms with Crippen LogP contribution in [0, 0.1) is 6.92 Å². The molecule has 3 aromatic rings. The zero-order valence-corrected chi connectivity index (χ0v) is 21.7. The monoisotopic (exact) mass is 589 g/mol. The summed E-state index contributed by atoms with van der Waals surface area (Å²) in [4.78, 5) is 53.9. The number of carbonyl (C=O) groups excluding carboxylic acids is 3. The number of anilines is 1. The van der Waals surface area contributed by atoms with Crippen LogP contribution in [0.1, 0.15) is 35.1 Å². The maximum atomic E-state index is 13.5. The summed E-state index contributed by atoms with van der Waals surface area (Å²) in [5.41, 5.74) is -0.377. The zero-order valence-electron chi connectivity index (χ0n) is 19.3. The number of hydrogen-bond acceptors (Lipinski definition) is 8. The van der Waals surface area contributed by atoms with Crippen LogP contribution < -0.4 is 25.7 Å². The highest BCUT2D eigenvalue weighted by molar-refractivity contribution is 9.10. The van der Waals surface area contributed by atoms with Crippen molar-refractivity contribution in [3.8, 4) is 5.75 Å². The van der Waals surface area contributed by atoms with Crippen molar-refractivity contribution in [3.05, 3.63) is 56.5 Å². The Balaban J connectivity index is 1.59. The van der Waals surface area contributed by atoms with Gasteiger partial charge >= 0.3 is 0 Å². The van der Waals surface area contributed by atoms with Crippen molar-refractivity contribution in [2.24, 2.45) is 0 Å². The summed E-state index contributed by atoms with van der Waals surface area (Å²) in [5, 5.41) is 4.95. The van der Waals surface area contributed by atoms with Gasteiger partial charge < -0.3 is 14.6 Å². The lowest BCUT2D eigenvalue weighted by atomic mass is 10.1. The molecule has 14 heteroatoms. The number of carbonyl (C=O) groups is 3. The number of ether oxygens (including phenoxy) is 1. The highest BCUT2D eigenvalue weighted by Crippen LogP contribution is 2.37. The fourth-order valence-corrected chi connectivity index (χ4v) is 6.27. The van der Waals surface area contributed by atoms with Crippen molar-refractivity contribution in [1.82, 2.24) is 20.2 Å². The number of sulfonamides is 1. The molecule has 192 valence electrons. The molecule has 2 aromatic carbocycles. The first-order valence-electron chi connectivity index (χ1n) is 11.2. The van der Waals surface area contributed by atoms with E-state index in [-0.39, 0.29) is 64.6 Å². The SMILES string of the molecule is Cc1nc2c(N[S+](=O)([O-])c3cc(Br)cc4c3OCCNC4=O)cccc2c(=O)n1C1CCC(=O)NC1=O.